The summed E-state index contributed by atoms with van der Waals surface area (Å²) in [4.78, 5) is 2.44. The van der Waals surface area contributed by atoms with Gasteiger partial charge in [-0.1, -0.05) is 109 Å². The molecular weight excluding hydrogens is 655 g/mol. The largest absolute Gasteiger partial charge is 0.456 e. The molecule has 13 rings (SSSR count). The van der Waals surface area contributed by atoms with E-state index in [1.807, 2.05) is 0 Å². The Morgan fingerprint density at radius 2 is 1.02 bits per heavy atom. The van der Waals surface area contributed by atoms with Crippen LogP contribution in [0, 0.1) is 23.7 Å². The Kier molecular flexibility index (Phi) is 6.55. The highest BCUT2D eigenvalue weighted by atomic mass is 16.3. The van der Waals surface area contributed by atoms with Crippen LogP contribution in [0.25, 0.3) is 55.3 Å². The van der Waals surface area contributed by atoms with E-state index in [-0.39, 0.29) is 5.41 Å². The Hall–Kier alpha value is -5.86. The molecule has 1 spiro atoms. The second-order valence-corrected chi connectivity index (χ2v) is 16.6. The number of para-hydroxylation sites is 1. The van der Waals surface area contributed by atoms with Gasteiger partial charge in [0.1, 0.15) is 11.2 Å². The van der Waals surface area contributed by atoms with Crippen LogP contribution in [-0.4, -0.2) is 0 Å². The van der Waals surface area contributed by atoms with Gasteiger partial charge in [0, 0.05) is 39.3 Å². The molecule has 0 unspecified atom stereocenters. The number of fused-ring (bicyclic) bond motifs is 6. The Morgan fingerprint density at radius 1 is 0.407 bits per heavy atom. The highest BCUT2D eigenvalue weighted by Crippen LogP contribution is 2.69. The highest BCUT2D eigenvalue weighted by molar-refractivity contribution is 6.06. The van der Waals surface area contributed by atoms with Gasteiger partial charge in [0.25, 0.3) is 0 Å². The minimum atomic E-state index is 0.0899. The van der Waals surface area contributed by atoms with Crippen molar-refractivity contribution in [1.29, 1.82) is 0 Å². The Balaban J connectivity index is 1.07. The quantitative estimate of drug-likeness (QED) is 0.178. The van der Waals surface area contributed by atoms with Crippen molar-refractivity contribution in [2.75, 3.05) is 4.90 Å². The van der Waals surface area contributed by atoms with Crippen molar-refractivity contribution in [1.82, 2.24) is 0 Å². The molecule has 5 aliphatic rings. The summed E-state index contributed by atoms with van der Waals surface area (Å²) in [6.45, 7) is 0. The summed E-state index contributed by atoms with van der Waals surface area (Å²) in [7, 11) is 0. The van der Waals surface area contributed by atoms with Crippen LogP contribution in [-0.2, 0) is 5.41 Å². The molecule has 1 heterocycles. The maximum absolute atomic E-state index is 6.48. The van der Waals surface area contributed by atoms with Gasteiger partial charge in [0.2, 0.25) is 0 Å². The molecule has 8 aromatic rings. The maximum Gasteiger partial charge on any atom is 0.137 e. The lowest BCUT2D eigenvalue weighted by Gasteiger charge is -2.61. The predicted octanol–water partition coefficient (Wildman–Crippen LogP) is 14.1. The molecule has 0 amide bonds. The van der Waals surface area contributed by atoms with Crippen LogP contribution in [0.1, 0.15) is 43.2 Å². The molecule has 5 aliphatic carbocycles. The molecule has 7 aromatic carbocycles. The number of rotatable bonds is 5. The SMILES string of the molecule is c1ccc(-c2cccc(N(c3ccc4c(c3)-c3ccc(-c5ccccc5)cc3C43C4CC5CC(C4)CC3C5)c3ccc4c(c3)oc3ccccc34)c2)cc1. The molecular formula is C52H41NO. The van der Waals surface area contributed by atoms with Crippen LogP contribution in [0.15, 0.2) is 168 Å². The number of anilines is 3. The molecule has 0 radical (unpaired) electrons. The van der Waals surface area contributed by atoms with E-state index in [2.05, 4.69) is 169 Å². The summed E-state index contributed by atoms with van der Waals surface area (Å²) >= 11 is 0. The lowest BCUT2D eigenvalue weighted by molar-refractivity contribution is -0.0399. The van der Waals surface area contributed by atoms with E-state index < -0.39 is 0 Å². The van der Waals surface area contributed by atoms with E-state index in [0.717, 1.165) is 45.1 Å². The molecule has 0 atom stereocenters. The van der Waals surface area contributed by atoms with Crippen LogP contribution in [0.4, 0.5) is 17.1 Å². The zero-order chi connectivity index (χ0) is 35.4. The first-order chi connectivity index (χ1) is 26.7. The molecule has 4 fully saturated rings. The summed E-state index contributed by atoms with van der Waals surface area (Å²) in [6, 6.07) is 60.8. The lowest BCUT2D eigenvalue weighted by Crippen LogP contribution is -2.55. The van der Waals surface area contributed by atoms with Gasteiger partial charge in [0.15, 0.2) is 0 Å². The van der Waals surface area contributed by atoms with Crippen molar-refractivity contribution >= 4 is 39.0 Å². The number of benzene rings is 7. The molecule has 54 heavy (non-hydrogen) atoms. The molecule has 0 N–H and O–H groups in total. The van der Waals surface area contributed by atoms with Gasteiger partial charge in [-0.25, -0.2) is 0 Å². The summed E-state index contributed by atoms with van der Waals surface area (Å²) in [5.74, 6) is 3.23. The Morgan fingerprint density at radius 3 is 1.78 bits per heavy atom. The highest BCUT2D eigenvalue weighted by Gasteiger charge is 2.61. The van der Waals surface area contributed by atoms with Gasteiger partial charge >= 0.3 is 0 Å². The van der Waals surface area contributed by atoms with E-state index in [9.17, 15) is 0 Å². The average Bonchev–Trinajstić information content (AvgIpc) is 3.73. The van der Waals surface area contributed by atoms with Gasteiger partial charge in [-0.15, -0.1) is 0 Å². The van der Waals surface area contributed by atoms with Crippen molar-refractivity contribution in [3.63, 3.8) is 0 Å². The predicted molar refractivity (Wildman–Crippen MR) is 223 cm³/mol. The van der Waals surface area contributed by atoms with E-state index >= 15 is 0 Å². The third kappa shape index (κ3) is 4.40. The Bertz CT molecular complexity index is 2710. The first-order valence-corrected chi connectivity index (χ1v) is 19.9. The van der Waals surface area contributed by atoms with Crippen LogP contribution in [0.3, 0.4) is 0 Å². The average molecular weight is 696 g/mol. The number of hydrogen-bond acceptors (Lipinski definition) is 2. The minimum Gasteiger partial charge on any atom is -0.456 e. The van der Waals surface area contributed by atoms with Crippen LogP contribution >= 0.6 is 0 Å². The zero-order valence-corrected chi connectivity index (χ0v) is 30.3. The molecule has 4 bridgehead atoms. The molecule has 1 aromatic heterocycles. The molecule has 4 saturated carbocycles. The van der Waals surface area contributed by atoms with Crippen LogP contribution in [0.2, 0.25) is 0 Å². The molecule has 2 heteroatoms. The van der Waals surface area contributed by atoms with Crippen molar-refractivity contribution in [3.05, 3.63) is 175 Å². The second kappa shape index (κ2) is 11.6. The summed E-state index contributed by atoms with van der Waals surface area (Å²) in [5.41, 5.74) is 16.4. The standard InChI is InChI=1S/C52H41NO/c1-3-10-35(11-4-1)37-14-9-15-41(29-37)53(43-19-22-46-45-16-7-8-17-50(45)54-51(46)32-43)42-20-23-48-47(31-42)44-21-18-38(36-12-5-2-6-13-36)30-49(44)52(48)39-25-33-24-34(27-39)28-40(52)26-33/h1-23,29-34,39-40H,24-28H2. The first-order valence-electron chi connectivity index (χ1n) is 19.9. The summed E-state index contributed by atoms with van der Waals surface area (Å²) in [5, 5.41) is 2.30. The summed E-state index contributed by atoms with van der Waals surface area (Å²) < 4.78 is 6.48. The minimum absolute atomic E-state index is 0.0899. The monoisotopic (exact) mass is 695 g/mol. The molecule has 2 nitrogen and oxygen atoms in total. The third-order valence-electron chi connectivity index (χ3n) is 13.8. The van der Waals surface area contributed by atoms with Crippen molar-refractivity contribution in [3.8, 4) is 33.4 Å². The van der Waals surface area contributed by atoms with Crippen molar-refractivity contribution in [2.24, 2.45) is 23.7 Å². The number of furan rings is 1. The number of hydrogen-bond donors (Lipinski definition) is 0. The molecule has 0 saturated heterocycles. The van der Waals surface area contributed by atoms with E-state index in [0.29, 0.717) is 11.8 Å². The fourth-order valence-corrected chi connectivity index (χ4v) is 11.9. The van der Waals surface area contributed by atoms with Gasteiger partial charge in [-0.2, -0.15) is 0 Å². The normalized spacial score (nSPS) is 23.3. The van der Waals surface area contributed by atoms with Crippen LogP contribution in [0.5, 0.6) is 0 Å². The third-order valence-corrected chi connectivity index (χ3v) is 13.8. The van der Waals surface area contributed by atoms with E-state index in [1.165, 1.54) is 71.2 Å². The summed E-state index contributed by atoms with van der Waals surface area (Å²) in [6.07, 6.45) is 6.95. The lowest BCUT2D eigenvalue weighted by atomic mass is 9.43. The fraction of sp³-hybridized carbons (Fsp3) is 0.192. The van der Waals surface area contributed by atoms with Gasteiger partial charge in [0.05, 0.1) is 0 Å². The topological polar surface area (TPSA) is 16.4 Å². The van der Waals surface area contributed by atoms with Gasteiger partial charge < -0.3 is 9.32 Å². The smallest absolute Gasteiger partial charge is 0.137 e. The second-order valence-electron chi connectivity index (χ2n) is 16.6. The van der Waals surface area contributed by atoms with Crippen molar-refractivity contribution in [2.45, 2.75) is 37.5 Å². The fourth-order valence-electron chi connectivity index (χ4n) is 11.9. The number of nitrogens with zero attached hydrogens (tertiary/aromatic N) is 1. The Labute approximate surface area is 316 Å². The van der Waals surface area contributed by atoms with Crippen LogP contribution < -0.4 is 4.90 Å². The molecule has 260 valence electrons. The first kappa shape index (κ1) is 30.6. The molecule has 0 aliphatic heterocycles. The van der Waals surface area contributed by atoms with Gasteiger partial charge in [-0.3, -0.25) is 0 Å². The van der Waals surface area contributed by atoms with Gasteiger partial charge in [-0.05, 0) is 149 Å². The van der Waals surface area contributed by atoms with E-state index in [4.69, 9.17) is 4.42 Å². The zero-order valence-electron chi connectivity index (χ0n) is 30.3. The maximum atomic E-state index is 6.48. The van der Waals surface area contributed by atoms with E-state index in [1.54, 1.807) is 11.1 Å². The van der Waals surface area contributed by atoms with Crippen molar-refractivity contribution < 1.29 is 4.42 Å².